The van der Waals surface area contributed by atoms with E-state index >= 15 is 0 Å². The molecular formula is C13H7BrFNOS. The maximum absolute atomic E-state index is 13.8. The minimum absolute atomic E-state index is 0.159. The fourth-order valence-electron chi connectivity index (χ4n) is 1.81. The summed E-state index contributed by atoms with van der Waals surface area (Å²) in [6.45, 7) is 0. The first-order valence-electron chi connectivity index (χ1n) is 5.20. The highest BCUT2D eigenvalue weighted by Gasteiger charge is 2.15. The third-order valence-electron chi connectivity index (χ3n) is 2.69. The van der Waals surface area contributed by atoms with Crippen molar-refractivity contribution >= 4 is 37.5 Å². The number of benzene rings is 2. The van der Waals surface area contributed by atoms with Crippen LogP contribution in [0.1, 0.15) is 0 Å². The van der Waals surface area contributed by atoms with Gasteiger partial charge in [0, 0.05) is 10.9 Å². The summed E-state index contributed by atoms with van der Waals surface area (Å²) in [4.78, 5) is 0. The van der Waals surface area contributed by atoms with Crippen molar-refractivity contribution in [1.82, 2.24) is 4.37 Å². The largest absolute Gasteiger partial charge is 0.507 e. The Morgan fingerprint density at radius 2 is 1.94 bits per heavy atom. The van der Waals surface area contributed by atoms with E-state index in [9.17, 15) is 9.50 Å². The van der Waals surface area contributed by atoms with Crippen molar-refractivity contribution in [2.45, 2.75) is 0 Å². The molecule has 5 heteroatoms. The molecule has 1 N–H and O–H groups in total. The van der Waals surface area contributed by atoms with Gasteiger partial charge in [-0.2, -0.15) is 4.37 Å². The van der Waals surface area contributed by atoms with Crippen LogP contribution in [0.5, 0.6) is 5.75 Å². The van der Waals surface area contributed by atoms with Gasteiger partial charge in [0.25, 0.3) is 0 Å². The van der Waals surface area contributed by atoms with Crippen LogP contribution in [0.25, 0.3) is 21.3 Å². The minimum atomic E-state index is -0.297. The Labute approximate surface area is 115 Å². The molecule has 3 rings (SSSR count). The summed E-state index contributed by atoms with van der Waals surface area (Å²) in [5.41, 5.74) is 1.08. The molecule has 2 nitrogen and oxygen atoms in total. The summed E-state index contributed by atoms with van der Waals surface area (Å²) in [5.74, 6) is -0.139. The lowest BCUT2D eigenvalue weighted by atomic mass is 10.1. The number of phenolic OH excluding ortho intramolecular Hbond substituents is 1. The maximum Gasteiger partial charge on any atom is 0.132 e. The van der Waals surface area contributed by atoms with Crippen LogP contribution in [-0.4, -0.2) is 9.48 Å². The molecule has 0 unspecified atom stereocenters. The van der Waals surface area contributed by atoms with Gasteiger partial charge in [-0.3, -0.25) is 0 Å². The number of aromatic nitrogens is 1. The SMILES string of the molecule is Oc1ccc2c(-c3ccccc3F)nsc2c1Br. The second-order valence-electron chi connectivity index (χ2n) is 3.79. The lowest BCUT2D eigenvalue weighted by molar-refractivity contribution is 0.473. The van der Waals surface area contributed by atoms with Crippen molar-refractivity contribution in [2.24, 2.45) is 0 Å². The molecule has 2 aromatic carbocycles. The summed E-state index contributed by atoms with van der Waals surface area (Å²) in [6.07, 6.45) is 0. The second-order valence-corrected chi connectivity index (χ2v) is 5.35. The minimum Gasteiger partial charge on any atom is -0.507 e. The van der Waals surface area contributed by atoms with Crippen LogP contribution < -0.4 is 0 Å². The molecule has 18 heavy (non-hydrogen) atoms. The molecule has 90 valence electrons. The first kappa shape index (κ1) is 11.6. The van der Waals surface area contributed by atoms with E-state index in [1.54, 1.807) is 30.3 Å². The standard InChI is InChI=1S/C13H7BrFNOS/c14-11-10(17)6-5-8-12(16-18-13(8)11)7-3-1-2-4-9(7)15/h1-6,17H. The Morgan fingerprint density at radius 1 is 1.17 bits per heavy atom. The smallest absolute Gasteiger partial charge is 0.132 e. The van der Waals surface area contributed by atoms with E-state index < -0.39 is 0 Å². The van der Waals surface area contributed by atoms with Crippen LogP contribution in [0.15, 0.2) is 40.9 Å². The lowest BCUT2D eigenvalue weighted by Gasteiger charge is -2.01. The van der Waals surface area contributed by atoms with Crippen LogP contribution in [0, 0.1) is 5.82 Å². The molecule has 1 heterocycles. The van der Waals surface area contributed by atoms with Gasteiger partial charge in [-0.1, -0.05) is 12.1 Å². The normalized spacial score (nSPS) is 11.0. The molecule has 0 saturated carbocycles. The molecule has 3 aromatic rings. The summed E-state index contributed by atoms with van der Waals surface area (Å²) in [6, 6.07) is 9.86. The average Bonchev–Trinajstić information content (AvgIpc) is 2.79. The van der Waals surface area contributed by atoms with Crippen molar-refractivity contribution < 1.29 is 9.50 Å². The van der Waals surface area contributed by atoms with Gasteiger partial charge in [-0.15, -0.1) is 0 Å². The van der Waals surface area contributed by atoms with Gasteiger partial charge in [-0.25, -0.2) is 4.39 Å². The predicted octanol–water partition coefficient (Wildman–Crippen LogP) is 4.57. The third-order valence-corrected chi connectivity index (χ3v) is 4.63. The number of hydrogen-bond acceptors (Lipinski definition) is 3. The van der Waals surface area contributed by atoms with E-state index in [-0.39, 0.29) is 11.6 Å². The summed E-state index contributed by atoms with van der Waals surface area (Å²) in [7, 11) is 0. The highest BCUT2D eigenvalue weighted by Crippen LogP contribution is 2.39. The Balaban J connectivity index is 2.32. The highest BCUT2D eigenvalue weighted by atomic mass is 79.9. The van der Waals surface area contributed by atoms with Gasteiger partial charge in [0.1, 0.15) is 11.6 Å². The van der Waals surface area contributed by atoms with E-state index in [4.69, 9.17) is 0 Å². The van der Waals surface area contributed by atoms with Crippen molar-refractivity contribution in [3.05, 3.63) is 46.7 Å². The molecule has 0 saturated heterocycles. The van der Waals surface area contributed by atoms with Crippen LogP contribution in [0.2, 0.25) is 0 Å². The van der Waals surface area contributed by atoms with E-state index in [1.807, 2.05) is 0 Å². The van der Waals surface area contributed by atoms with E-state index in [0.29, 0.717) is 15.7 Å². The second kappa shape index (κ2) is 4.33. The van der Waals surface area contributed by atoms with E-state index in [1.165, 1.54) is 17.6 Å². The summed E-state index contributed by atoms with van der Waals surface area (Å²) < 4.78 is 19.5. The summed E-state index contributed by atoms with van der Waals surface area (Å²) in [5, 5.41) is 10.4. The zero-order valence-electron chi connectivity index (χ0n) is 9.02. The van der Waals surface area contributed by atoms with Crippen molar-refractivity contribution in [1.29, 1.82) is 0 Å². The van der Waals surface area contributed by atoms with Gasteiger partial charge < -0.3 is 5.11 Å². The van der Waals surface area contributed by atoms with Crippen molar-refractivity contribution in [3.8, 4) is 17.0 Å². The average molecular weight is 324 g/mol. The molecular weight excluding hydrogens is 317 g/mol. The van der Waals surface area contributed by atoms with Gasteiger partial charge in [0.2, 0.25) is 0 Å². The quantitative estimate of drug-likeness (QED) is 0.711. The van der Waals surface area contributed by atoms with Gasteiger partial charge in [0.05, 0.1) is 14.9 Å². The van der Waals surface area contributed by atoms with Crippen molar-refractivity contribution in [2.75, 3.05) is 0 Å². The molecule has 0 fully saturated rings. The van der Waals surface area contributed by atoms with Crippen LogP contribution >= 0.6 is 27.5 Å². The number of nitrogens with zero attached hydrogens (tertiary/aromatic N) is 1. The number of halogens is 2. The molecule has 0 spiro atoms. The van der Waals surface area contributed by atoms with Gasteiger partial charge in [-0.05, 0) is 51.7 Å². The van der Waals surface area contributed by atoms with Crippen LogP contribution in [0.4, 0.5) is 4.39 Å². The van der Waals surface area contributed by atoms with Crippen molar-refractivity contribution in [3.63, 3.8) is 0 Å². The molecule has 0 amide bonds. The molecule has 0 bridgehead atoms. The van der Waals surface area contributed by atoms with Gasteiger partial charge in [0.15, 0.2) is 0 Å². The Hall–Kier alpha value is -1.46. The van der Waals surface area contributed by atoms with Crippen LogP contribution in [-0.2, 0) is 0 Å². The monoisotopic (exact) mass is 323 g/mol. The molecule has 0 atom stereocenters. The first-order chi connectivity index (χ1) is 8.68. The molecule has 0 aliphatic heterocycles. The number of hydrogen-bond donors (Lipinski definition) is 1. The fourth-order valence-corrected chi connectivity index (χ4v) is 3.20. The fraction of sp³-hybridized carbons (Fsp3) is 0. The zero-order chi connectivity index (χ0) is 12.7. The molecule has 0 aliphatic rings. The Bertz CT molecular complexity index is 741. The third kappa shape index (κ3) is 1.71. The number of rotatable bonds is 1. The Morgan fingerprint density at radius 3 is 2.72 bits per heavy atom. The number of phenols is 1. The first-order valence-corrected chi connectivity index (χ1v) is 6.77. The number of fused-ring (bicyclic) bond motifs is 1. The predicted molar refractivity (Wildman–Crippen MR) is 74.4 cm³/mol. The maximum atomic E-state index is 13.8. The van der Waals surface area contributed by atoms with Gasteiger partial charge >= 0.3 is 0 Å². The zero-order valence-corrected chi connectivity index (χ0v) is 11.4. The topological polar surface area (TPSA) is 33.1 Å². The highest BCUT2D eigenvalue weighted by molar-refractivity contribution is 9.10. The summed E-state index contributed by atoms with van der Waals surface area (Å²) >= 11 is 4.55. The van der Waals surface area contributed by atoms with E-state index in [0.717, 1.165) is 10.1 Å². The van der Waals surface area contributed by atoms with Crippen LogP contribution in [0.3, 0.4) is 0 Å². The number of aromatic hydroxyl groups is 1. The molecule has 0 radical (unpaired) electrons. The molecule has 0 aliphatic carbocycles. The Kier molecular flexibility index (Phi) is 2.80. The molecule has 1 aromatic heterocycles. The lowest BCUT2D eigenvalue weighted by Crippen LogP contribution is -1.83. The van der Waals surface area contributed by atoms with E-state index in [2.05, 4.69) is 20.3 Å².